The van der Waals surface area contributed by atoms with Crippen LogP contribution >= 0.6 is 0 Å². The van der Waals surface area contributed by atoms with Crippen LogP contribution in [0.4, 0.5) is 0 Å². The second-order valence-electron chi connectivity index (χ2n) is 17.2. The van der Waals surface area contributed by atoms with Crippen LogP contribution < -0.4 is 5.32 Å². The van der Waals surface area contributed by atoms with Crippen molar-refractivity contribution in [2.75, 3.05) is 13.1 Å². The summed E-state index contributed by atoms with van der Waals surface area (Å²) < 4.78 is 0. The molecule has 5 atom stereocenters. The molecule has 0 aromatic heterocycles. The molecule has 220 valence electrons. The van der Waals surface area contributed by atoms with Gasteiger partial charge in [0.1, 0.15) is 0 Å². The molecule has 5 aliphatic carbocycles. The molecule has 0 radical (unpaired) electrons. The molecule has 6 aliphatic rings. The normalized spacial score (nSPS) is 29.4. The molecule has 11 aromatic rings. The molecule has 1 heteroatoms. The van der Waals surface area contributed by atoms with Crippen molar-refractivity contribution in [1.29, 1.82) is 0 Å². The van der Waals surface area contributed by atoms with E-state index in [1.807, 2.05) is 0 Å². The van der Waals surface area contributed by atoms with E-state index in [1.54, 1.807) is 125 Å². The molecule has 48 heavy (non-hydrogen) atoms. The fourth-order valence-electron chi connectivity index (χ4n) is 15.8. The Bertz CT molecular complexity index is 3500. The number of fused-ring (bicyclic) bond motifs is 4. The second-order valence-corrected chi connectivity index (χ2v) is 17.2. The van der Waals surface area contributed by atoms with Gasteiger partial charge in [0.05, 0.1) is 0 Å². The number of rotatable bonds is 3. The Morgan fingerprint density at radius 3 is 1.96 bits per heavy atom. The van der Waals surface area contributed by atoms with E-state index in [9.17, 15) is 0 Å². The molecule has 1 aliphatic heterocycles. The highest BCUT2D eigenvalue weighted by Gasteiger charge is 2.69. The maximum Gasteiger partial charge on any atom is 0.0414 e. The van der Waals surface area contributed by atoms with Crippen molar-refractivity contribution in [1.82, 2.24) is 5.32 Å². The largest absolute Gasteiger partial charge is 0.315 e. The highest BCUT2D eigenvalue weighted by atomic mass is 15.0. The topological polar surface area (TPSA) is 12.0 Å². The van der Waals surface area contributed by atoms with E-state index in [0.29, 0.717) is 17.8 Å². The number of hydrogen-bond acceptors (Lipinski definition) is 1. The van der Waals surface area contributed by atoms with E-state index >= 15 is 0 Å². The third kappa shape index (κ3) is 1.49. The predicted octanol–water partition coefficient (Wildman–Crippen LogP) is 11.4. The molecule has 1 nitrogen and oxygen atoms in total. The molecule has 1 N–H and O–H groups in total. The molecule has 0 amide bonds. The van der Waals surface area contributed by atoms with Crippen LogP contribution in [-0.4, -0.2) is 13.1 Å². The summed E-state index contributed by atoms with van der Waals surface area (Å²) in [6.07, 6.45) is 8.81. The predicted molar refractivity (Wildman–Crippen MR) is 202 cm³/mol. The lowest BCUT2D eigenvalue weighted by atomic mass is 9.46. The van der Waals surface area contributed by atoms with Gasteiger partial charge in [-0.1, -0.05) is 61.9 Å². The molecule has 17 rings (SSSR count). The van der Waals surface area contributed by atoms with Gasteiger partial charge in [-0.05, 0) is 165 Å². The molecule has 1 saturated heterocycles. The zero-order valence-corrected chi connectivity index (χ0v) is 26.6. The Labute approximate surface area is 274 Å². The van der Waals surface area contributed by atoms with Crippen molar-refractivity contribution in [3.8, 4) is 0 Å². The monoisotopic (exact) mass is 605 g/mol. The van der Waals surface area contributed by atoms with Gasteiger partial charge < -0.3 is 5.32 Å². The smallest absolute Gasteiger partial charge is 0.0414 e. The third-order valence-electron chi connectivity index (χ3n) is 16.5. The van der Waals surface area contributed by atoms with E-state index in [4.69, 9.17) is 6.58 Å². The van der Waals surface area contributed by atoms with Gasteiger partial charge in [0.15, 0.2) is 0 Å². The van der Waals surface area contributed by atoms with Crippen LogP contribution in [0.2, 0.25) is 0 Å². The van der Waals surface area contributed by atoms with Crippen LogP contribution in [0.5, 0.6) is 0 Å². The lowest BCUT2D eigenvalue weighted by molar-refractivity contribution is 0.114. The summed E-state index contributed by atoms with van der Waals surface area (Å²) >= 11 is 0. The summed E-state index contributed by atoms with van der Waals surface area (Å²) in [4.78, 5) is 0. The van der Waals surface area contributed by atoms with E-state index in [2.05, 4.69) is 60.8 Å². The first-order chi connectivity index (χ1) is 23.8. The summed E-state index contributed by atoms with van der Waals surface area (Å²) in [5, 5.41) is 36.0. The Hall–Kier alpha value is -4.72. The van der Waals surface area contributed by atoms with E-state index in [1.165, 1.54) is 34.4 Å². The molecule has 1 spiro atoms. The Balaban J connectivity index is 1.34. The van der Waals surface area contributed by atoms with Crippen molar-refractivity contribution >= 4 is 113 Å². The fraction of sp³-hybridized carbons (Fsp3) is 0.234. The summed E-state index contributed by atoms with van der Waals surface area (Å²) in [7, 11) is 0. The summed E-state index contributed by atoms with van der Waals surface area (Å²) in [6, 6.07) is 15.2. The maximum absolute atomic E-state index is 4.74. The Morgan fingerprint density at radius 1 is 0.667 bits per heavy atom. The minimum atomic E-state index is 0.00212. The zero-order valence-electron chi connectivity index (χ0n) is 26.6. The van der Waals surface area contributed by atoms with Crippen molar-refractivity contribution in [3.05, 3.63) is 88.5 Å². The summed E-state index contributed by atoms with van der Waals surface area (Å²) in [6.45, 7) is 9.33. The SMILES string of the molecule is C=CC1C2c3ccc4c5ccc6c7ccc8c9c%10c%11c%12c%13c(c2c2c3c4c3c5c6c(c79)c4c%10c%13c2c34)[C@]2(CNCC12CCC)C%12=CCC8%11. The molecule has 0 bridgehead atoms. The Kier molecular flexibility index (Phi) is 2.67. The number of allylic oxidation sites excluding steroid dienone is 2. The van der Waals surface area contributed by atoms with Gasteiger partial charge in [0.25, 0.3) is 0 Å². The molecular formula is C47H27N. The summed E-state index contributed by atoms with van der Waals surface area (Å²) in [5.74, 6) is 1.25. The first-order valence-electron chi connectivity index (χ1n) is 18.6. The second kappa shape index (κ2) is 5.82. The average Bonchev–Trinajstić information content (AvgIpc) is 3.95. The van der Waals surface area contributed by atoms with Gasteiger partial charge in [0, 0.05) is 35.8 Å². The number of hydrogen-bond donors (Lipinski definition) is 1. The molecule has 11 aromatic carbocycles. The van der Waals surface area contributed by atoms with Crippen molar-refractivity contribution < 1.29 is 0 Å². The summed E-state index contributed by atoms with van der Waals surface area (Å²) in [5.41, 5.74) is 11.9. The molecular weight excluding hydrogens is 579 g/mol. The zero-order chi connectivity index (χ0) is 30.2. The third-order valence-corrected chi connectivity index (χ3v) is 16.5. The number of benzene rings is 8. The van der Waals surface area contributed by atoms with Crippen molar-refractivity contribution in [3.63, 3.8) is 0 Å². The quantitative estimate of drug-likeness (QED) is 0.156. The van der Waals surface area contributed by atoms with Gasteiger partial charge in [-0.3, -0.25) is 0 Å². The first kappa shape index (κ1) is 22.0. The van der Waals surface area contributed by atoms with Crippen molar-refractivity contribution in [2.24, 2.45) is 11.3 Å². The van der Waals surface area contributed by atoms with E-state index < -0.39 is 0 Å². The van der Waals surface area contributed by atoms with Crippen LogP contribution in [0.1, 0.15) is 71.4 Å². The van der Waals surface area contributed by atoms with Gasteiger partial charge in [0.2, 0.25) is 0 Å². The highest BCUT2D eigenvalue weighted by molar-refractivity contribution is 6.63. The van der Waals surface area contributed by atoms with Crippen LogP contribution in [0, 0.1) is 11.3 Å². The minimum Gasteiger partial charge on any atom is -0.315 e. The van der Waals surface area contributed by atoms with Gasteiger partial charge in [-0.2, -0.15) is 0 Å². The molecule has 1 fully saturated rings. The minimum absolute atomic E-state index is 0.00212. The van der Waals surface area contributed by atoms with E-state index in [-0.39, 0.29) is 10.8 Å². The van der Waals surface area contributed by atoms with Gasteiger partial charge >= 0.3 is 0 Å². The highest BCUT2D eigenvalue weighted by Crippen LogP contribution is 2.78. The number of nitrogens with one attached hydrogen (secondary N) is 1. The van der Waals surface area contributed by atoms with Crippen LogP contribution in [-0.2, 0) is 5.41 Å². The standard InChI is InChI=1S/C47H27N/c1-3-13-46-14-48-15-47(46)24-12-11-21-19-8-7-17-16-5-6-18-20-9-10-22-25(23(46)4-2)43-37-32(22)30(20)35-27(18)26(16)34-28(17)29(19)36-31(21)33(24)44(45(43)47)42-40(36)38(34)39(35)41(37)42/h4-10,12,21,23,25,48H,2-3,11,13-15H2,1H3/t21?,23?,25?,46?,47-/m0/s1. The average molecular weight is 606 g/mol. The van der Waals surface area contributed by atoms with Crippen molar-refractivity contribution in [2.45, 2.75) is 43.4 Å². The first-order valence-corrected chi connectivity index (χ1v) is 18.6. The lowest BCUT2D eigenvalue weighted by Gasteiger charge is -2.56. The van der Waals surface area contributed by atoms with Crippen LogP contribution in [0.3, 0.4) is 0 Å². The Morgan fingerprint density at radius 2 is 1.25 bits per heavy atom. The fourth-order valence-corrected chi connectivity index (χ4v) is 15.8. The van der Waals surface area contributed by atoms with Gasteiger partial charge in [-0.15, -0.1) is 6.58 Å². The molecule has 1 heterocycles. The van der Waals surface area contributed by atoms with Gasteiger partial charge in [-0.25, -0.2) is 0 Å². The maximum atomic E-state index is 4.74. The lowest BCUT2D eigenvalue weighted by Crippen LogP contribution is -2.53. The van der Waals surface area contributed by atoms with E-state index in [0.717, 1.165) is 19.5 Å². The van der Waals surface area contributed by atoms with Crippen LogP contribution in [0.25, 0.3) is 113 Å². The molecule has 4 unspecified atom stereocenters. The molecule has 0 saturated carbocycles. The van der Waals surface area contributed by atoms with Crippen LogP contribution in [0.15, 0.2) is 55.1 Å².